The van der Waals surface area contributed by atoms with Crippen molar-refractivity contribution in [3.63, 3.8) is 0 Å². The summed E-state index contributed by atoms with van der Waals surface area (Å²) in [6.45, 7) is 4.04. The molecule has 1 fully saturated rings. The van der Waals surface area contributed by atoms with Crippen molar-refractivity contribution >= 4 is 15.7 Å². The van der Waals surface area contributed by atoms with Crippen LogP contribution in [0.5, 0.6) is 0 Å². The number of hydrogen-bond donors (Lipinski definition) is 2. The smallest absolute Gasteiger partial charge is 0.240 e. The third kappa shape index (κ3) is 3.52. The lowest BCUT2D eigenvalue weighted by molar-refractivity contribution is 0.301. The molecule has 20 heavy (non-hydrogen) atoms. The number of benzene rings is 1. The zero-order valence-electron chi connectivity index (χ0n) is 12.2. The second-order valence-corrected chi connectivity index (χ2v) is 7.49. The minimum absolute atomic E-state index is 0.0567. The fraction of sp³-hybridized carbons (Fsp3) is 0.600. The van der Waals surface area contributed by atoms with Crippen molar-refractivity contribution in [2.75, 3.05) is 5.73 Å². The molecule has 0 aliphatic heterocycles. The quantitative estimate of drug-likeness (QED) is 0.839. The molecule has 0 radical (unpaired) electrons. The maximum atomic E-state index is 12.4. The maximum absolute atomic E-state index is 12.4. The highest BCUT2D eigenvalue weighted by molar-refractivity contribution is 7.89. The fourth-order valence-electron chi connectivity index (χ4n) is 2.84. The number of nitrogens with two attached hydrogens (primary N) is 1. The van der Waals surface area contributed by atoms with Crippen LogP contribution in [0.4, 0.5) is 5.69 Å². The van der Waals surface area contributed by atoms with E-state index in [2.05, 4.69) is 11.6 Å². The summed E-state index contributed by atoms with van der Waals surface area (Å²) < 4.78 is 27.6. The molecule has 3 N–H and O–H groups in total. The Bertz CT molecular complexity index is 569. The van der Waals surface area contributed by atoms with Gasteiger partial charge in [0.05, 0.1) is 4.90 Å². The SMILES string of the molecule is CCC1CCCC(NS(=O)(=O)c2ccc(C)c(N)c2)C1. The largest absolute Gasteiger partial charge is 0.398 e. The maximum Gasteiger partial charge on any atom is 0.240 e. The summed E-state index contributed by atoms with van der Waals surface area (Å²) in [6.07, 6.45) is 5.30. The average molecular weight is 296 g/mol. The predicted octanol–water partition coefficient (Wildman–Crippen LogP) is 2.82. The Hall–Kier alpha value is -1.07. The van der Waals surface area contributed by atoms with Crippen molar-refractivity contribution in [2.24, 2.45) is 5.92 Å². The molecule has 2 atom stereocenters. The van der Waals surface area contributed by atoms with E-state index in [4.69, 9.17) is 5.73 Å². The number of nitrogen functional groups attached to an aromatic ring is 1. The molecule has 0 bridgehead atoms. The molecule has 1 aromatic carbocycles. The van der Waals surface area contributed by atoms with Crippen molar-refractivity contribution in [2.45, 2.75) is 56.9 Å². The van der Waals surface area contributed by atoms with Crippen LogP contribution in [0, 0.1) is 12.8 Å². The first-order chi connectivity index (χ1) is 9.42. The zero-order valence-corrected chi connectivity index (χ0v) is 13.0. The Balaban J connectivity index is 2.12. The Kier molecular flexibility index (Phi) is 4.70. The number of rotatable bonds is 4. The topological polar surface area (TPSA) is 72.2 Å². The second kappa shape index (κ2) is 6.14. The van der Waals surface area contributed by atoms with Gasteiger partial charge in [0.25, 0.3) is 0 Å². The number of nitrogens with one attached hydrogen (secondary N) is 1. The summed E-state index contributed by atoms with van der Waals surface area (Å²) in [7, 11) is -3.46. The molecule has 1 aromatic rings. The first kappa shape index (κ1) is 15.3. The summed E-state index contributed by atoms with van der Waals surface area (Å²) in [6, 6.07) is 4.96. The predicted molar refractivity (Wildman–Crippen MR) is 81.9 cm³/mol. The van der Waals surface area contributed by atoms with Crippen LogP contribution < -0.4 is 10.5 Å². The van der Waals surface area contributed by atoms with Gasteiger partial charge in [-0.25, -0.2) is 13.1 Å². The molecule has 2 unspecified atom stereocenters. The Morgan fingerprint density at radius 2 is 2.10 bits per heavy atom. The van der Waals surface area contributed by atoms with Gasteiger partial charge < -0.3 is 5.73 Å². The molecule has 112 valence electrons. The van der Waals surface area contributed by atoms with Gasteiger partial charge in [-0.3, -0.25) is 0 Å². The normalized spacial score (nSPS) is 23.7. The Morgan fingerprint density at radius 1 is 1.35 bits per heavy atom. The first-order valence-electron chi connectivity index (χ1n) is 7.31. The zero-order chi connectivity index (χ0) is 14.8. The lowest BCUT2D eigenvalue weighted by Gasteiger charge is -2.28. The molecule has 1 aliphatic carbocycles. The summed E-state index contributed by atoms with van der Waals surface area (Å²) in [5.74, 6) is 0.638. The third-order valence-corrected chi connectivity index (χ3v) is 5.76. The van der Waals surface area contributed by atoms with Crippen molar-refractivity contribution in [1.82, 2.24) is 4.72 Å². The van der Waals surface area contributed by atoms with Crippen molar-refractivity contribution in [1.29, 1.82) is 0 Å². The Labute approximate surface area is 121 Å². The fourth-order valence-corrected chi connectivity index (χ4v) is 4.16. The monoisotopic (exact) mass is 296 g/mol. The molecule has 0 amide bonds. The number of sulfonamides is 1. The molecular formula is C15H24N2O2S. The van der Waals surface area contributed by atoms with E-state index in [1.54, 1.807) is 12.1 Å². The van der Waals surface area contributed by atoms with Gasteiger partial charge in [-0.15, -0.1) is 0 Å². The van der Waals surface area contributed by atoms with E-state index in [0.29, 0.717) is 11.6 Å². The van der Waals surface area contributed by atoms with Crippen molar-refractivity contribution in [3.8, 4) is 0 Å². The second-order valence-electron chi connectivity index (χ2n) is 5.78. The van der Waals surface area contributed by atoms with E-state index in [-0.39, 0.29) is 10.9 Å². The minimum Gasteiger partial charge on any atom is -0.398 e. The average Bonchev–Trinajstić information content (AvgIpc) is 2.41. The molecule has 0 spiro atoms. The molecular weight excluding hydrogens is 272 g/mol. The van der Waals surface area contributed by atoms with Crippen molar-refractivity contribution < 1.29 is 8.42 Å². The summed E-state index contributed by atoms with van der Waals surface area (Å²) in [5.41, 5.74) is 7.21. The van der Waals surface area contributed by atoms with Crippen LogP contribution in [0.2, 0.25) is 0 Å². The van der Waals surface area contributed by atoms with Crippen molar-refractivity contribution in [3.05, 3.63) is 23.8 Å². The first-order valence-corrected chi connectivity index (χ1v) is 8.79. The van der Waals surface area contributed by atoms with Crippen LogP contribution in [0.3, 0.4) is 0 Å². The van der Waals surface area contributed by atoms with Crippen LogP contribution in [0.25, 0.3) is 0 Å². The number of hydrogen-bond acceptors (Lipinski definition) is 3. The van der Waals surface area contributed by atoms with E-state index in [1.165, 1.54) is 12.5 Å². The van der Waals surface area contributed by atoms with E-state index >= 15 is 0 Å². The lowest BCUT2D eigenvalue weighted by atomic mass is 9.85. The third-order valence-electron chi connectivity index (χ3n) is 4.24. The van der Waals surface area contributed by atoms with E-state index in [1.807, 2.05) is 6.92 Å². The molecule has 2 rings (SSSR count). The molecule has 1 aliphatic rings. The molecule has 1 saturated carbocycles. The van der Waals surface area contributed by atoms with Crippen LogP contribution in [0.1, 0.15) is 44.6 Å². The highest BCUT2D eigenvalue weighted by Crippen LogP contribution is 2.28. The van der Waals surface area contributed by atoms with Gasteiger partial charge in [-0.05, 0) is 43.4 Å². The van der Waals surface area contributed by atoms with Crippen LogP contribution in [0.15, 0.2) is 23.1 Å². The standard InChI is InChI=1S/C15H24N2O2S/c1-3-12-5-4-6-13(9-12)17-20(18,19)14-8-7-11(2)15(16)10-14/h7-8,10,12-13,17H,3-6,9,16H2,1-2H3. The van der Waals surface area contributed by atoms with E-state index in [9.17, 15) is 8.42 Å². The highest BCUT2D eigenvalue weighted by Gasteiger charge is 2.25. The van der Waals surface area contributed by atoms with Crippen LogP contribution in [-0.2, 0) is 10.0 Å². The number of anilines is 1. The summed E-state index contributed by atoms with van der Waals surface area (Å²) in [4.78, 5) is 0.263. The summed E-state index contributed by atoms with van der Waals surface area (Å²) >= 11 is 0. The van der Waals surface area contributed by atoms with Gasteiger partial charge in [-0.1, -0.05) is 32.3 Å². The minimum atomic E-state index is -3.46. The van der Waals surface area contributed by atoms with E-state index in [0.717, 1.165) is 31.2 Å². The van der Waals surface area contributed by atoms with E-state index < -0.39 is 10.0 Å². The molecule has 0 heterocycles. The van der Waals surface area contributed by atoms with Gasteiger partial charge in [0.1, 0.15) is 0 Å². The van der Waals surface area contributed by atoms with Gasteiger partial charge in [0.15, 0.2) is 0 Å². The van der Waals surface area contributed by atoms with Gasteiger partial charge >= 0.3 is 0 Å². The van der Waals surface area contributed by atoms with Gasteiger partial charge in [-0.2, -0.15) is 0 Å². The van der Waals surface area contributed by atoms with Crippen LogP contribution >= 0.6 is 0 Å². The number of aryl methyl sites for hydroxylation is 1. The lowest BCUT2D eigenvalue weighted by Crippen LogP contribution is -2.38. The molecule has 0 aromatic heterocycles. The highest BCUT2D eigenvalue weighted by atomic mass is 32.2. The Morgan fingerprint density at radius 3 is 2.75 bits per heavy atom. The van der Waals surface area contributed by atoms with Gasteiger partial charge in [0, 0.05) is 11.7 Å². The molecule has 0 saturated heterocycles. The van der Waals surface area contributed by atoms with Crippen LogP contribution in [-0.4, -0.2) is 14.5 Å². The molecule has 5 heteroatoms. The molecule has 4 nitrogen and oxygen atoms in total. The summed E-state index contributed by atoms with van der Waals surface area (Å²) in [5, 5.41) is 0. The van der Waals surface area contributed by atoms with Gasteiger partial charge in [0.2, 0.25) is 10.0 Å².